The highest BCUT2D eigenvalue weighted by Gasteiger charge is 2.29. The normalized spacial score (nSPS) is 15.1. The van der Waals surface area contributed by atoms with Crippen molar-refractivity contribution in [1.29, 1.82) is 0 Å². The third-order valence-corrected chi connectivity index (χ3v) is 3.15. The van der Waals surface area contributed by atoms with Gasteiger partial charge in [-0.05, 0) is 43.0 Å². The highest BCUT2D eigenvalue weighted by molar-refractivity contribution is 9.10. The van der Waals surface area contributed by atoms with E-state index < -0.39 is 0 Å². The summed E-state index contributed by atoms with van der Waals surface area (Å²) in [5, 5.41) is 2.99. The number of hydrogen-bond donors (Lipinski definition) is 1. The van der Waals surface area contributed by atoms with Crippen LogP contribution in [-0.2, 0) is 11.2 Å². The van der Waals surface area contributed by atoms with Gasteiger partial charge in [0.05, 0.1) is 0 Å². The molecule has 0 saturated heterocycles. The summed E-state index contributed by atoms with van der Waals surface area (Å²) in [6.45, 7) is 2.09. The van der Waals surface area contributed by atoms with E-state index >= 15 is 0 Å². The van der Waals surface area contributed by atoms with Crippen molar-refractivity contribution in [2.75, 3.05) is 5.32 Å². The summed E-state index contributed by atoms with van der Waals surface area (Å²) in [7, 11) is 0. The molecule has 0 heterocycles. The number of aryl methyl sites for hydroxylation is 1. The molecule has 1 aromatic carbocycles. The molecule has 0 bridgehead atoms. The number of rotatable bonds is 3. The van der Waals surface area contributed by atoms with E-state index in [1.807, 2.05) is 12.1 Å². The zero-order chi connectivity index (χ0) is 10.8. The summed E-state index contributed by atoms with van der Waals surface area (Å²) in [6.07, 6.45) is 3.02. The topological polar surface area (TPSA) is 29.1 Å². The second-order valence-electron chi connectivity index (χ2n) is 3.92. The van der Waals surface area contributed by atoms with Gasteiger partial charge in [-0.2, -0.15) is 0 Å². The lowest BCUT2D eigenvalue weighted by atomic mass is 10.1. The van der Waals surface area contributed by atoms with Crippen LogP contribution in [0.25, 0.3) is 0 Å². The van der Waals surface area contributed by atoms with Crippen molar-refractivity contribution in [2.24, 2.45) is 5.92 Å². The molecular formula is C12H14BrNO. The predicted octanol–water partition coefficient (Wildman–Crippen LogP) is 3.36. The number of anilines is 1. The molecule has 1 saturated carbocycles. The van der Waals surface area contributed by atoms with Crippen LogP contribution in [0.4, 0.5) is 5.69 Å². The fourth-order valence-corrected chi connectivity index (χ4v) is 1.97. The third kappa shape index (κ3) is 2.59. The average Bonchev–Trinajstić information content (AvgIpc) is 3.04. The fraction of sp³-hybridized carbons (Fsp3) is 0.417. The summed E-state index contributed by atoms with van der Waals surface area (Å²) in [5.74, 6) is 0.436. The van der Waals surface area contributed by atoms with Crippen LogP contribution < -0.4 is 5.32 Å². The maximum atomic E-state index is 11.6. The van der Waals surface area contributed by atoms with E-state index in [1.165, 1.54) is 5.56 Å². The van der Waals surface area contributed by atoms with Crippen molar-refractivity contribution in [3.8, 4) is 0 Å². The molecule has 1 N–H and O–H groups in total. The molecule has 1 aromatic rings. The Labute approximate surface area is 98.2 Å². The molecule has 0 unspecified atom stereocenters. The van der Waals surface area contributed by atoms with E-state index in [0.717, 1.165) is 29.4 Å². The number of amides is 1. The van der Waals surface area contributed by atoms with Gasteiger partial charge in [-0.3, -0.25) is 4.79 Å². The molecule has 1 aliphatic carbocycles. The molecule has 1 amide bonds. The highest BCUT2D eigenvalue weighted by Crippen LogP contribution is 2.31. The van der Waals surface area contributed by atoms with Gasteiger partial charge in [-0.15, -0.1) is 0 Å². The molecular weight excluding hydrogens is 254 g/mol. The Bertz CT molecular complexity index is 385. The van der Waals surface area contributed by atoms with Crippen molar-refractivity contribution < 1.29 is 4.79 Å². The molecule has 0 aromatic heterocycles. The molecule has 0 aliphatic heterocycles. The van der Waals surface area contributed by atoms with Crippen LogP contribution in [0.2, 0.25) is 0 Å². The molecule has 80 valence electrons. The predicted molar refractivity (Wildman–Crippen MR) is 64.9 cm³/mol. The number of hydrogen-bond acceptors (Lipinski definition) is 1. The first-order valence-electron chi connectivity index (χ1n) is 5.30. The number of nitrogens with one attached hydrogen (secondary N) is 1. The lowest BCUT2D eigenvalue weighted by Gasteiger charge is -2.09. The minimum Gasteiger partial charge on any atom is -0.326 e. The number of halogens is 1. The van der Waals surface area contributed by atoms with Crippen molar-refractivity contribution >= 4 is 27.5 Å². The van der Waals surface area contributed by atoms with Crippen molar-refractivity contribution in [3.63, 3.8) is 0 Å². The Morgan fingerprint density at radius 2 is 2.27 bits per heavy atom. The monoisotopic (exact) mass is 267 g/mol. The highest BCUT2D eigenvalue weighted by atomic mass is 79.9. The van der Waals surface area contributed by atoms with Crippen LogP contribution in [-0.4, -0.2) is 5.91 Å². The van der Waals surface area contributed by atoms with Crippen molar-refractivity contribution in [2.45, 2.75) is 26.2 Å². The zero-order valence-corrected chi connectivity index (χ0v) is 10.3. The minimum atomic E-state index is 0.173. The van der Waals surface area contributed by atoms with E-state index in [4.69, 9.17) is 0 Å². The lowest BCUT2D eigenvalue weighted by molar-refractivity contribution is -0.117. The zero-order valence-electron chi connectivity index (χ0n) is 8.72. The Morgan fingerprint density at radius 1 is 1.53 bits per heavy atom. The van der Waals surface area contributed by atoms with E-state index in [1.54, 1.807) is 0 Å². The molecule has 1 aliphatic rings. The van der Waals surface area contributed by atoms with E-state index in [9.17, 15) is 4.79 Å². The van der Waals surface area contributed by atoms with Gasteiger partial charge >= 0.3 is 0 Å². The standard InChI is InChI=1S/C12H14BrNO/c1-2-8-7-10(13)5-6-11(8)14-12(15)9-3-4-9/h5-7,9H,2-4H2,1H3,(H,14,15). The Balaban J connectivity index is 2.15. The maximum Gasteiger partial charge on any atom is 0.227 e. The largest absolute Gasteiger partial charge is 0.326 e. The number of benzene rings is 1. The van der Waals surface area contributed by atoms with E-state index in [2.05, 4.69) is 34.2 Å². The van der Waals surface area contributed by atoms with Crippen LogP contribution in [0, 0.1) is 5.92 Å². The fourth-order valence-electron chi connectivity index (χ4n) is 1.56. The Kier molecular flexibility index (Phi) is 3.10. The van der Waals surface area contributed by atoms with Crippen molar-refractivity contribution in [3.05, 3.63) is 28.2 Å². The summed E-state index contributed by atoms with van der Waals surface area (Å²) in [6, 6.07) is 5.98. The van der Waals surface area contributed by atoms with Gasteiger partial charge in [0, 0.05) is 16.1 Å². The molecule has 0 radical (unpaired) electrons. The van der Waals surface area contributed by atoms with E-state index in [0.29, 0.717) is 0 Å². The lowest BCUT2D eigenvalue weighted by Crippen LogP contribution is -2.14. The van der Waals surface area contributed by atoms with Crippen molar-refractivity contribution in [1.82, 2.24) is 0 Å². The van der Waals surface area contributed by atoms with Crippen LogP contribution in [0.3, 0.4) is 0 Å². The molecule has 3 heteroatoms. The van der Waals surface area contributed by atoms with E-state index in [-0.39, 0.29) is 11.8 Å². The molecule has 15 heavy (non-hydrogen) atoms. The summed E-state index contributed by atoms with van der Waals surface area (Å²) < 4.78 is 1.06. The summed E-state index contributed by atoms with van der Waals surface area (Å²) >= 11 is 3.43. The van der Waals surface area contributed by atoms with Crippen LogP contribution in [0.15, 0.2) is 22.7 Å². The summed E-state index contributed by atoms with van der Waals surface area (Å²) in [5.41, 5.74) is 2.14. The Hall–Kier alpha value is -0.830. The molecule has 0 atom stereocenters. The Morgan fingerprint density at radius 3 is 2.87 bits per heavy atom. The van der Waals surface area contributed by atoms with Gasteiger partial charge in [0.15, 0.2) is 0 Å². The first kappa shape index (κ1) is 10.7. The maximum absolute atomic E-state index is 11.6. The minimum absolute atomic E-state index is 0.173. The van der Waals surface area contributed by atoms with Gasteiger partial charge in [0.1, 0.15) is 0 Å². The molecule has 2 nitrogen and oxygen atoms in total. The first-order chi connectivity index (χ1) is 7.20. The van der Waals surface area contributed by atoms with Gasteiger partial charge in [-0.1, -0.05) is 22.9 Å². The van der Waals surface area contributed by atoms with Gasteiger partial charge < -0.3 is 5.32 Å². The average molecular weight is 268 g/mol. The quantitative estimate of drug-likeness (QED) is 0.894. The van der Waals surface area contributed by atoms with Crippen LogP contribution in [0.1, 0.15) is 25.3 Å². The first-order valence-corrected chi connectivity index (χ1v) is 6.09. The van der Waals surface area contributed by atoms with Crippen LogP contribution in [0.5, 0.6) is 0 Å². The molecule has 2 rings (SSSR count). The second kappa shape index (κ2) is 4.35. The van der Waals surface area contributed by atoms with Gasteiger partial charge in [0.25, 0.3) is 0 Å². The second-order valence-corrected chi connectivity index (χ2v) is 4.83. The number of carbonyl (C=O) groups is 1. The summed E-state index contributed by atoms with van der Waals surface area (Å²) in [4.78, 5) is 11.6. The third-order valence-electron chi connectivity index (χ3n) is 2.65. The molecule has 1 fully saturated rings. The SMILES string of the molecule is CCc1cc(Br)ccc1NC(=O)C1CC1. The molecule has 0 spiro atoms. The number of carbonyl (C=O) groups excluding carboxylic acids is 1. The smallest absolute Gasteiger partial charge is 0.227 e. The van der Waals surface area contributed by atoms with Gasteiger partial charge in [0.2, 0.25) is 5.91 Å². The van der Waals surface area contributed by atoms with Gasteiger partial charge in [-0.25, -0.2) is 0 Å². The van der Waals surface area contributed by atoms with Crippen LogP contribution >= 0.6 is 15.9 Å².